The molecule has 0 aliphatic rings. The van der Waals surface area contributed by atoms with Gasteiger partial charge in [0.2, 0.25) is 0 Å². The molecule has 3 N–H and O–H groups in total. The lowest BCUT2D eigenvalue weighted by Gasteiger charge is -2.26. The number of hydrogen-bond donors (Lipinski definition) is 2. The smallest absolute Gasteiger partial charge is 0.122 e. The average Bonchev–Trinajstić information content (AvgIpc) is 2.35. The lowest BCUT2D eigenvalue weighted by Crippen LogP contribution is -2.33. The monoisotopic (exact) mass is 251 g/mol. The summed E-state index contributed by atoms with van der Waals surface area (Å²) in [5, 5.41) is 8.93. The number of hydrogen-bond acceptors (Lipinski definition) is 3. The van der Waals surface area contributed by atoms with E-state index >= 15 is 0 Å². The fourth-order valence-corrected chi connectivity index (χ4v) is 2.13. The molecule has 1 unspecified atom stereocenters. The fraction of sp³-hybridized carbons (Fsp3) is 0.600. The predicted molar refractivity (Wildman–Crippen MR) is 74.9 cm³/mol. The van der Waals surface area contributed by atoms with Gasteiger partial charge in [-0.1, -0.05) is 26.0 Å². The molecule has 1 aromatic carbocycles. The van der Waals surface area contributed by atoms with Gasteiger partial charge in [0.15, 0.2) is 0 Å². The maximum atomic E-state index is 8.93. The zero-order valence-corrected chi connectivity index (χ0v) is 11.9. The number of benzene rings is 1. The third-order valence-corrected chi connectivity index (χ3v) is 3.37. The van der Waals surface area contributed by atoms with Gasteiger partial charge in [0.1, 0.15) is 5.75 Å². The number of nitrogens with two attached hydrogens (primary N) is 1. The Kier molecular flexibility index (Phi) is 5.17. The highest BCUT2D eigenvalue weighted by Gasteiger charge is 2.22. The summed E-state index contributed by atoms with van der Waals surface area (Å²) in [4.78, 5) is 0. The van der Waals surface area contributed by atoms with Gasteiger partial charge in [-0.2, -0.15) is 0 Å². The topological polar surface area (TPSA) is 55.5 Å². The lowest BCUT2D eigenvalue weighted by molar-refractivity contribution is 0.265. The molecule has 1 aromatic rings. The third-order valence-electron chi connectivity index (χ3n) is 3.37. The molecule has 0 heterocycles. The molecule has 0 saturated carbocycles. The van der Waals surface area contributed by atoms with Crippen molar-refractivity contribution in [2.75, 3.05) is 13.7 Å². The quantitative estimate of drug-likeness (QED) is 0.817. The summed E-state index contributed by atoms with van der Waals surface area (Å²) in [5.74, 6) is 1.31. The molecule has 0 bridgehead atoms. The van der Waals surface area contributed by atoms with Crippen LogP contribution in [0.15, 0.2) is 18.2 Å². The van der Waals surface area contributed by atoms with Crippen LogP contribution in [0.3, 0.4) is 0 Å². The first kappa shape index (κ1) is 15.0. The van der Waals surface area contributed by atoms with Crippen LogP contribution in [0.2, 0.25) is 0 Å². The summed E-state index contributed by atoms with van der Waals surface area (Å²) in [6.45, 7) is 6.47. The Morgan fingerprint density at radius 1 is 1.39 bits per heavy atom. The second-order valence-electron chi connectivity index (χ2n) is 5.36. The number of aliphatic hydroxyl groups excluding tert-OH is 1. The largest absolute Gasteiger partial charge is 0.496 e. The van der Waals surface area contributed by atoms with Crippen molar-refractivity contribution in [1.29, 1.82) is 0 Å². The molecule has 1 rings (SSSR count). The van der Waals surface area contributed by atoms with E-state index in [2.05, 4.69) is 19.9 Å². The van der Waals surface area contributed by atoms with Crippen molar-refractivity contribution in [3.63, 3.8) is 0 Å². The van der Waals surface area contributed by atoms with Crippen LogP contribution in [-0.2, 0) is 5.54 Å². The average molecular weight is 251 g/mol. The highest BCUT2D eigenvalue weighted by Crippen LogP contribution is 2.32. The normalized spacial score (nSPS) is 14.6. The van der Waals surface area contributed by atoms with Crippen molar-refractivity contribution < 1.29 is 9.84 Å². The van der Waals surface area contributed by atoms with Gasteiger partial charge in [-0.3, -0.25) is 0 Å². The number of rotatable bonds is 6. The highest BCUT2D eigenvalue weighted by molar-refractivity contribution is 5.41. The third kappa shape index (κ3) is 3.47. The molecule has 0 aliphatic heterocycles. The minimum Gasteiger partial charge on any atom is -0.496 e. The Labute approximate surface area is 110 Å². The molecular formula is C15H25NO2. The summed E-state index contributed by atoms with van der Waals surface area (Å²) < 4.78 is 5.37. The molecule has 0 amide bonds. The van der Waals surface area contributed by atoms with Crippen LogP contribution in [0.4, 0.5) is 0 Å². The Balaban J connectivity index is 3.07. The van der Waals surface area contributed by atoms with Crippen LogP contribution >= 0.6 is 0 Å². The molecule has 102 valence electrons. The number of ether oxygens (including phenoxy) is 1. The van der Waals surface area contributed by atoms with E-state index < -0.39 is 5.54 Å². The van der Waals surface area contributed by atoms with Crippen molar-refractivity contribution in [3.8, 4) is 5.75 Å². The van der Waals surface area contributed by atoms with Gasteiger partial charge in [0.25, 0.3) is 0 Å². The SMILES string of the molecule is COc1ccc(C(C)(N)CCCO)cc1C(C)C. The van der Waals surface area contributed by atoms with Gasteiger partial charge >= 0.3 is 0 Å². The van der Waals surface area contributed by atoms with Crippen molar-refractivity contribution >= 4 is 0 Å². The molecule has 0 spiro atoms. The van der Waals surface area contributed by atoms with E-state index in [0.717, 1.165) is 24.2 Å². The van der Waals surface area contributed by atoms with Gasteiger partial charge in [-0.05, 0) is 42.9 Å². The molecule has 0 aromatic heterocycles. The zero-order valence-electron chi connectivity index (χ0n) is 11.9. The first-order valence-corrected chi connectivity index (χ1v) is 6.50. The summed E-state index contributed by atoms with van der Waals surface area (Å²) in [6, 6.07) is 6.12. The molecule has 18 heavy (non-hydrogen) atoms. The minimum atomic E-state index is -0.404. The molecule has 0 saturated heterocycles. The zero-order chi connectivity index (χ0) is 13.8. The Bertz CT molecular complexity index is 386. The van der Waals surface area contributed by atoms with Crippen molar-refractivity contribution in [2.24, 2.45) is 5.73 Å². The first-order valence-electron chi connectivity index (χ1n) is 6.50. The van der Waals surface area contributed by atoms with Crippen LogP contribution in [0.5, 0.6) is 5.75 Å². The van der Waals surface area contributed by atoms with E-state index in [4.69, 9.17) is 15.6 Å². The predicted octanol–water partition coefficient (Wildman–Crippen LogP) is 2.77. The molecule has 0 radical (unpaired) electrons. The van der Waals surface area contributed by atoms with Crippen LogP contribution in [0.1, 0.15) is 50.7 Å². The molecule has 1 atom stereocenters. The van der Waals surface area contributed by atoms with Crippen molar-refractivity contribution in [2.45, 2.75) is 45.1 Å². The van der Waals surface area contributed by atoms with Gasteiger partial charge < -0.3 is 15.6 Å². The molecule has 3 nitrogen and oxygen atoms in total. The Morgan fingerprint density at radius 3 is 2.56 bits per heavy atom. The standard InChI is InChI=1S/C15H25NO2/c1-11(2)13-10-12(6-7-14(13)18-4)15(3,16)8-5-9-17/h6-7,10-11,17H,5,8-9,16H2,1-4H3. The van der Waals surface area contributed by atoms with E-state index in [9.17, 15) is 0 Å². The van der Waals surface area contributed by atoms with E-state index in [1.54, 1.807) is 7.11 Å². The summed E-state index contributed by atoms with van der Waals surface area (Å²) in [5.41, 5.74) is 8.20. The Hall–Kier alpha value is -1.06. The summed E-state index contributed by atoms with van der Waals surface area (Å²) in [7, 11) is 1.69. The van der Waals surface area contributed by atoms with E-state index in [1.807, 2.05) is 19.1 Å². The van der Waals surface area contributed by atoms with Crippen LogP contribution in [-0.4, -0.2) is 18.8 Å². The molecular weight excluding hydrogens is 226 g/mol. The van der Waals surface area contributed by atoms with Gasteiger partial charge in [-0.25, -0.2) is 0 Å². The maximum Gasteiger partial charge on any atom is 0.122 e. The second-order valence-corrected chi connectivity index (χ2v) is 5.36. The summed E-state index contributed by atoms with van der Waals surface area (Å²) >= 11 is 0. The van der Waals surface area contributed by atoms with Crippen molar-refractivity contribution in [1.82, 2.24) is 0 Å². The van der Waals surface area contributed by atoms with Crippen LogP contribution in [0, 0.1) is 0 Å². The lowest BCUT2D eigenvalue weighted by atomic mass is 9.86. The molecule has 3 heteroatoms. The number of methoxy groups -OCH3 is 1. The fourth-order valence-electron chi connectivity index (χ4n) is 2.13. The van der Waals surface area contributed by atoms with Gasteiger partial charge in [0, 0.05) is 12.1 Å². The molecule has 0 aliphatic carbocycles. The highest BCUT2D eigenvalue weighted by atomic mass is 16.5. The second kappa shape index (κ2) is 6.21. The Morgan fingerprint density at radius 2 is 2.06 bits per heavy atom. The van der Waals surface area contributed by atoms with Crippen LogP contribution < -0.4 is 10.5 Å². The summed E-state index contributed by atoms with van der Waals surface area (Å²) in [6.07, 6.45) is 1.49. The first-order chi connectivity index (χ1) is 8.42. The van der Waals surface area contributed by atoms with Crippen molar-refractivity contribution in [3.05, 3.63) is 29.3 Å². The van der Waals surface area contributed by atoms with E-state index in [-0.39, 0.29) is 6.61 Å². The van der Waals surface area contributed by atoms with E-state index in [0.29, 0.717) is 5.92 Å². The van der Waals surface area contributed by atoms with Gasteiger partial charge in [0.05, 0.1) is 7.11 Å². The maximum absolute atomic E-state index is 8.93. The van der Waals surface area contributed by atoms with Gasteiger partial charge in [-0.15, -0.1) is 0 Å². The number of aliphatic hydroxyl groups is 1. The molecule has 0 fully saturated rings. The van der Waals surface area contributed by atoms with Crippen LogP contribution in [0.25, 0.3) is 0 Å². The van der Waals surface area contributed by atoms with E-state index in [1.165, 1.54) is 5.56 Å². The minimum absolute atomic E-state index is 0.181.